The number of hydrogen-bond acceptors (Lipinski definition) is 3. The van der Waals surface area contributed by atoms with Gasteiger partial charge in [-0.15, -0.1) is 12.4 Å². The highest BCUT2D eigenvalue weighted by Crippen LogP contribution is 2.27. The second-order valence-electron chi connectivity index (χ2n) is 5.32. The zero-order valence-electron chi connectivity index (χ0n) is 10.3. The van der Waals surface area contributed by atoms with Crippen LogP contribution in [0.25, 0.3) is 0 Å². The molecule has 2 aliphatic rings. The minimum atomic E-state index is -0.113. The van der Waals surface area contributed by atoms with Crippen molar-refractivity contribution >= 4 is 12.4 Å². The summed E-state index contributed by atoms with van der Waals surface area (Å²) in [5.41, 5.74) is -0.113. The lowest BCUT2D eigenvalue weighted by atomic mass is 9.91. The minimum Gasteiger partial charge on any atom is -0.381 e. The molecule has 0 aromatic rings. The van der Waals surface area contributed by atoms with Crippen molar-refractivity contribution in [2.45, 2.75) is 38.8 Å². The van der Waals surface area contributed by atoms with Gasteiger partial charge in [0.15, 0.2) is 0 Å². The Morgan fingerprint density at radius 3 is 2.75 bits per heavy atom. The molecule has 0 spiro atoms. The number of hydrogen-bond donors (Lipinski definition) is 1. The van der Waals surface area contributed by atoms with E-state index < -0.39 is 0 Å². The van der Waals surface area contributed by atoms with Gasteiger partial charge in [0.2, 0.25) is 0 Å². The van der Waals surface area contributed by atoms with E-state index in [1.165, 1.54) is 12.8 Å². The van der Waals surface area contributed by atoms with Crippen molar-refractivity contribution in [3.63, 3.8) is 0 Å². The van der Waals surface area contributed by atoms with E-state index in [9.17, 15) is 0 Å². The van der Waals surface area contributed by atoms with Crippen molar-refractivity contribution in [1.82, 2.24) is 5.32 Å². The van der Waals surface area contributed by atoms with Gasteiger partial charge in [0.1, 0.15) is 5.72 Å². The van der Waals surface area contributed by atoms with Crippen LogP contribution in [0.2, 0.25) is 0 Å². The van der Waals surface area contributed by atoms with E-state index >= 15 is 0 Å². The van der Waals surface area contributed by atoms with Crippen molar-refractivity contribution in [3.05, 3.63) is 0 Å². The zero-order chi connectivity index (χ0) is 10.7. The second-order valence-corrected chi connectivity index (χ2v) is 5.32. The Morgan fingerprint density at radius 1 is 1.38 bits per heavy atom. The molecule has 2 rings (SSSR count). The fourth-order valence-electron chi connectivity index (χ4n) is 2.48. The van der Waals surface area contributed by atoms with E-state index in [0.717, 1.165) is 32.8 Å². The maximum atomic E-state index is 5.91. The molecule has 3 atom stereocenters. The van der Waals surface area contributed by atoms with Gasteiger partial charge in [-0.25, -0.2) is 0 Å². The fourth-order valence-corrected chi connectivity index (χ4v) is 2.48. The third kappa shape index (κ3) is 3.88. The van der Waals surface area contributed by atoms with Crippen molar-refractivity contribution in [1.29, 1.82) is 0 Å². The minimum absolute atomic E-state index is 0. The Hall–Kier alpha value is 0.170. The Bertz CT molecular complexity index is 199. The van der Waals surface area contributed by atoms with Crippen molar-refractivity contribution in [2.75, 3.05) is 26.4 Å². The summed E-state index contributed by atoms with van der Waals surface area (Å²) in [6, 6.07) is 0. The number of rotatable bonds is 2. The van der Waals surface area contributed by atoms with Crippen LogP contribution in [0.4, 0.5) is 0 Å². The maximum Gasteiger partial charge on any atom is 0.116 e. The highest BCUT2D eigenvalue weighted by Gasteiger charge is 2.33. The van der Waals surface area contributed by atoms with Crippen LogP contribution >= 0.6 is 12.4 Å². The summed E-state index contributed by atoms with van der Waals surface area (Å²) < 4.78 is 11.4. The van der Waals surface area contributed by atoms with Crippen LogP contribution in [0.1, 0.15) is 33.1 Å². The summed E-state index contributed by atoms with van der Waals surface area (Å²) in [4.78, 5) is 0. The molecule has 0 aromatic heterocycles. The monoisotopic (exact) mass is 249 g/mol. The van der Waals surface area contributed by atoms with Gasteiger partial charge in [-0.1, -0.05) is 6.92 Å². The van der Waals surface area contributed by atoms with Crippen LogP contribution in [-0.4, -0.2) is 32.1 Å². The Labute approximate surface area is 105 Å². The van der Waals surface area contributed by atoms with E-state index in [1.807, 2.05) is 0 Å². The molecule has 3 nitrogen and oxygen atoms in total. The normalized spacial score (nSPS) is 40.1. The first kappa shape index (κ1) is 14.2. The molecule has 1 N–H and O–H groups in total. The summed E-state index contributed by atoms with van der Waals surface area (Å²) in [7, 11) is 0. The molecule has 0 amide bonds. The molecular weight excluding hydrogens is 226 g/mol. The summed E-state index contributed by atoms with van der Waals surface area (Å²) in [5.74, 6) is 1.31. The van der Waals surface area contributed by atoms with Crippen LogP contribution < -0.4 is 5.32 Å². The second kappa shape index (κ2) is 6.20. The van der Waals surface area contributed by atoms with Crippen molar-refractivity contribution in [3.8, 4) is 0 Å². The summed E-state index contributed by atoms with van der Waals surface area (Å²) in [6.45, 7) is 8.21. The quantitative estimate of drug-likeness (QED) is 0.814. The van der Waals surface area contributed by atoms with E-state index in [4.69, 9.17) is 9.47 Å². The molecule has 2 saturated heterocycles. The highest BCUT2D eigenvalue weighted by atomic mass is 35.5. The lowest BCUT2D eigenvalue weighted by Crippen LogP contribution is -2.53. The van der Waals surface area contributed by atoms with E-state index in [2.05, 4.69) is 19.2 Å². The van der Waals surface area contributed by atoms with Crippen molar-refractivity contribution in [2.24, 2.45) is 11.8 Å². The lowest BCUT2D eigenvalue weighted by molar-refractivity contribution is -0.121. The smallest absolute Gasteiger partial charge is 0.116 e. The molecule has 0 aliphatic carbocycles. The first-order valence-corrected chi connectivity index (χ1v) is 6.15. The Balaban J connectivity index is 0.00000128. The van der Waals surface area contributed by atoms with Crippen LogP contribution in [-0.2, 0) is 9.47 Å². The molecule has 0 aromatic carbocycles. The predicted octanol–water partition coefficient (Wildman–Crippen LogP) is 2.20. The average Bonchev–Trinajstić information content (AvgIpc) is 2.24. The molecule has 0 bridgehead atoms. The van der Waals surface area contributed by atoms with Crippen LogP contribution in [0, 0.1) is 11.8 Å². The standard InChI is InChI=1S/C12H23NO2.ClH/c1-10-7-13-12(2,15-8-10)6-11-4-3-5-14-9-11;/h10-11,13H,3-9H2,1-2H3;1H. The molecule has 0 radical (unpaired) electrons. The van der Waals surface area contributed by atoms with E-state index in [1.54, 1.807) is 0 Å². The predicted molar refractivity (Wildman–Crippen MR) is 66.9 cm³/mol. The maximum absolute atomic E-state index is 5.91. The third-order valence-corrected chi connectivity index (χ3v) is 3.44. The van der Waals surface area contributed by atoms with Crippen LogP contribution in [0.15, 0.2) is 0 Å². The summed E-state index contributed by atoms with van der Waals surface area (Å²) in [5, 5.41) is 3.51. The lowest BCUT2D eigenvalue weighted by Gasteiger charge is -2.40. The van der Waals surface area contributed by atoms with Gasteiger partial charge < -0.3 is 9.47 Å². The topological polar surface area (TPSA) is 30.5 Å². The Kier molecular flexibility index (Phi) is 5.51. The zero-order valence-corrected chi connectivity index (χ0v) is 11.1. The van der Waals surface area contributed by atoms with Gasteiger partial charge in [0.25, 0.3) is 0 Å². The van der Waals surface area contributed by atoms with Gasteiger partial charge in [-0.05, 0) is 38.0 Å². The van der Waals surface area contributed by atoms with Crippen LogP contribution in [0.5, 0.6) is 0 Å². The molecule has 2 fully saturated rings. The molecule has 2 aliphatic heterocycles. The van der Waals surface area contributed by atoms with E-state index in [-0.39, 0.29) is 18.1 Å². The number of nitrogens with one attached hydrogen (secondary N) is 1. The van der Waals surface area contributed by atoms with Gasteiger partial charge in [0, 0.05) is 19.8 Å². The van der Waals surface area contributed by atoms with E-state index in [0.29, 0.717) is 11.8 Å². The average molecular weight is 250 g/mol. The van der Waals surface area contributed by atoms with Gasteiger partial charge in [-0.3, -0.25) is 5.32 Å². The SMILES string of the molecule is CC1CNC(C)(CC2CCCOC2)OC1.Cl. The summed E-state index contributed by atoms with van der Waals surface area (Å²) >= 11 is 0. The molecule has 4 heteroatoms. The van der Waals surface area contributed by atoms with Crippen molar-refractivity contribution < 1.29 is 9.47 Å². The molecule has 3 unspecified atom stereocenters. The van der Waals surface area contributed by atoms with Gasteiger partial charge in [-0.2, -0.15) is 0 Å². The molecule has 2 heterocycles. The third-order valence-electron chi connectivity index (χ3n) is 3.44. The number of halogens is 1. The molecule has 96 valence electrons. The molecule has 16 heavy (non-hydrogen) atoms. The molecule has 0 saturated carbocycles. The highest BCUT2D eigenvalue weighted by molar-refractivity contribution is 5.85. The molecular formula is C12H24ClNO2. The first-order chi connectivity index (χ1) is 7.18. The number of ether oxygens (including phenoxy) is 2. The first-order valence-electron chi connectivity index (χ1n) is 6.15. The summed E-state index contributed by atoms with van der Waals surface area (Å²) in [6.07, 6.45) is 3.58. The largest absolute Gasteiger partial charge is 0.381 e. The van der Waals surface area contributed by atoms with Gasteiger partial charge in [0.05, 0.1) is 6.61 Å². The van der Waals surface area contributed by atoms with Gasteiger partial charge >= 0.3 is 0 Å². The Morgan fingerprint density at radius 2 is 2.19 bits per heavy atom. The van der Waals surface area contributed by atoms with Crippen LogP contribution in [0.3, 0.4) is 0 Å². The fraction of sp³-hybridized carbons (Fsp3) is 1.00.